The molecule has 1 atom stereocenters. The molecule has 1 fully saturated rings. The van der Waals surface area contributed by atoms with Crippen molar-refractivity contribution in [1.82, 2.24) is 20.1 Å². The number of H-pyrrole nitrogens is 1. The van der Waals surface area contributed by atoms with E-state index in [4.69, 9.17) is 0 Å². The summed E-state index contributed by atoms with van der Waals surface area (Å²) in [7, 11) is 0. The minimum absolute atomic E-state index is 0.0300. The van der Waals surface area contributed by atoms with Gasteiger partial charge in [0.25, 0.3) is 5.95 Å². The predicted molar refractivity (Wildman–Crippen MR) is 76.2 cm³/mol. The van der Waals surface area contributed by atoms with Crippen LogP contribution in [0.2, 0.25) is 0 Å². The van der Waals surface area contributed by atoms with E-state index < -0.39 is 5.03 Å². The van der Waals surface area contributed by atoms with E-state index in [9.17, 15) is 14.9 Å². The summed E-state index contributed by atoms with van der Waals surface area (Å²) in [6.45, 7) is 0.827. The lowest BCUT2D eigenvalue weighted by Crippen LogP contribution is -2.25. The van der Waals surface area contributed by atoms with Crippen molar-refractivity contribution in [3.05, 3.63) is 51.8 Å². The number of hydrogen-bond acceptors (Lipinski definition) is 5. The molecule has 0 unspecified atom stereocenters. The normalized spacial score (nSPS) is 17.7. The minimum atomic E-state index is -0.725. The van der Waals surface area contributed by atoms with Crippen molar-refractivity contribution < 1.29 is 9.83 Å². The van der Waals surface area contributed by atoms with Crippen molar-refractivity contribution in [2.24, 2.45) is 0 Å². The highest BCUT2D eigenvalue weighted by atomic mass is 16.7. The molecule has 114 valence electrons. The Hall–Kier alpha value is -2.97. The highest BCUT2D eigenvalue weighted by Gasteiger charge is 2.31. The van der Waals surface area contributed by atoms with Crippen molar-refractivity contribution >= 4 is 11.9 Å². The summed E-state index contributed by atoms with van der Waals surface area (Å²) < 4.78 is 0. The molecule has 3 rings (SSSR count). The summed E-state index contributed by atoms with van der Waals surface area (Å²) in [6.07, 6.45) is 0.453. The molecule has 2 aromatic rings. The number of carbonyl (C=O) groups excluding carboxylic acids is 1. The SMILES string of the molecule is O=C1C[C@H](c2ccccc2)CN1Cc1n[nH]c(N[N+](=O)[O-])n1. The standard InChI is InChI=1S/C13H14N6O3/c20-12-6-10(9-4-2-1-3-5-9)7-18(12)8-11-14-13(16-15-11)17-19(21)22/h1-5,10H,6-8H2,(H2,14,15,16,17)/t10-/m0/s1. The molecule has 0 spiro atoms. The predicted octanol–water partition coefficient (Wildman–Crippen LogP) is 0.924. The Morgan fingerprint density at radius 2 is 2.18 bits per heavy atom. The number of likely N-dealkylation sites (tertiary alicyclic amines) is 1. The van der Waals surface area contributed by atoms with Gasteiger partial charge in [-0.15, -0.1) is 0 Å². The fourth-order valence-corrected chi connectivity index (χ4v) is 2.55. The second kappa shape index (κ2) is 5.80. The van der Waals surface area contributed by atoms with Crippen LogP contribution in [0.25, 0.3) is 0 Å². The molecule has 1 aliphatic heterocycles. The number of amides is 1. The smallest absolute Gasteiger partial charge is 0.281 e. The molecular formula is C13H14N6O3. The Morgan fingerprint density at radius 1 is 1.41 bits per heavy atom. The molecule has 2 N–H and O–H groups in total. The molecule has 1 aromatic carbocycles. The van der Waals surface area contributed by atoms with Crippen LogP contribution in [0.15, 0.2) is 30.3 Å². The lowest BCUT2D eigenvalue weighted by atomic mass is 9.99. The number of rotatable bonds is 5. The van der Waals surface area contributed by atoms with Crippen LogP contribution in [-0.4, -0.2) is 37.6 Å². The molecule has 1 amide bonds. The molecule has 0 radical (unpaired) electrons. The number of aromatic amines is 1. The van der Waals surface area contributed by atoms with Gasteiger partial charge in [0.2, 0.25) is 5.91 Å². The van der Waals surface area contributed by atoms with Crippen LogP contribution in [0.1, 0.15) is 23.7 Å². The molecule has 1 aromatic heterocycles. The number of aromatic nitrogens is 3. The van der Waals surface area contributed by atoms with Gasteiger partial charge in [-0.05, 0) is 5.56 Å². The van der Waals surface area contributed by atoms with E-state index >= 15 is 0 Å². The first-order chi connectivity index (χ1) is 10.6. The van der Waals surface area contributed by atoms with Crippen molar-refractivity contribution in [3.63, 3.8) is 0 Å². The van der Waals surface area contributed by atoms with Crippen molar-refractivity contribution in [1.29, 1.82) is 0 Å². The Morgan fingerprint density at radius 3 is 2.91 bits per heavy atom. The monoisotopic (exact) mass is 302 g/mol. The first-order valence-corrected chi connectivity index (χ1v) is 6.77. The molecule has 22 heavy (non-hydrogen) atoms. The number of nitro groups is 1. The third-order valence-corrected chi connectivity index (χ3v) is 3.55. The van der Waals surface area contributed by atoms with E-state index in [-0.39, 0.29) is 24.3 Å². The minimum Gasteiger partial charge on any atom is -0.334 e. The van der Waals surface area contributed by atoms with Gasteiger partial charge < -0.3 is 4.90 Å². The number of nitrogens with zero attached hydrogens (tertiary/aromatic N) is 4. The van der Waals surface area contributed by atoms with Gasteiger partial charge >= 0.3 is 0 Å². The van der Waals surface area contributed by atoms with Crippen LogP contribution in [0.5, 0.6) is 0 Å². The van der Waals surface area contributed by atoms with Crippen LogP contribution >= 0.6 is 0 Å². The van der Waals surface area contributed by atoms with Crippen LogP contribution in [0.4, 0.5) is 5.95 Å². The van der Waals surface area contributed by atoms with E-state index in [0.717, 1.165) is 5.56 Å². The molecule has 9 nitrogen and oxygen atoms in total. The Balaban J connectivity index is 1.65. The highest BCUT2D eigenvalue weighted by Crippen LogP contribution is 2.28. The average molecular weight is 302 g/mol. The van der Waals surface area contributed by atoms with E-state index in [1.165, 1.54) is 0 Å². The highest BCUT2D eigenvalue weighted by molar-refractivity contribution is 5.79. The second-order valence-corrected chi connectivity index (χ2v) is 5.06. The fraction of sp³-hybridized carbons (Fsp3) is 0.308. The van der Waals surface area contributed by atoms with Crippen LogP contribution in [0, 0.1) is 10.1 Å². The largest absolute Gasteiger partial charge is 0.334 e. The average Bonchev–Trinajstić information content (AvgIpc) is 3.07. The summed E-state index contributed by atoms with van der Waals surface area (Å²) in [6, 6.07) is 9.86. The molecule has 1 aliphatic rings. The van der Waals surface area contributed by atoms with Gasteiger partial charge in [0, 0.05) is 18.9 Å². The first-order valence-electron chi connectivity index (χ1n) is 6.77. The molecular weight excluding hydrogens is 288 g/mol. The van der Waals surface area contributed by atoms with Crippen LogP contribution in [-0.2, 0) is 11.3 Å². The zero-order valence-corrected chi connectivity index (χ0v) is 11.6. The Labute approximate surface area is 125 Å². The maximum atomic E-state index is 12.1. The number of hydrogen-bond donors (Lipinski definition) is 2. The van der Waals surface area contributed by atoms with Gasteiger partial charge in [0.15, 0.2) is 10.9 Å². The molecule has 0 saturated carbocycles. The number of carbonyl (C=O) groups is 1. The maximum Gasteiger partial charge on any atom is 0.281 e. The van der Waals surface area contributed by atoms with Crippen molar-refractivity contribution in [3.8, 4) is 0 Å². The lowest BCUT2D eigenvalue weighted by molar-refractivity contribution is -0.446. The molecule has 0 aliphatic carbocycles. The third kappa shape index (κ3) is 3.03. The van der Waals surface area contributed by atoms with Crippen molar-refractivity contribution in [2.45, 2.75) is 18.9 Å². The second-order valence-electron chi connectivity index (χ2n) is 5.06. The van der Waals surface area contributed by atoms with Gasteiger partial charge in [0.05, 0.1) is 6.54 Å². The summed E-state index contributed by atoms with van der Waals surface area (Å²) in [5.74, 6) is 0.476. The summed E-state index contributed by atoms with van der Waals surface area (Å²) >= 11 is 0. The maximum absolute atomic E-state index is 12.1. The van der Waals surface area contributed by atoms with Gasteiger partial charge in [0.1, 0.15) is 0 Å². The molecule has 1 saturated heterocycles. The van der Waals surface area contributed by atoms with Gasteiger partial charge in [-0.3, -0.25) is 4.79 Å². The van der Waals surface area contributed by atoms with E-state index in [1.54, 1.807) is 4.90 Å². The zero-order valence-electron chi connectivity index (χ0n) is 11.6. The van der Waals surface area contributed by atoms with E-state index in [2.05, 4.69) is 15.2 Å². The van der Waals surface area contributed by atoms with Crippen LogP contribution in [0.3, 0.4) is 0 Å². The summed E-state index contributed by atoms with van der Waals surface area (Å²) in [5.41, 5.74) is 3.01. The first kappa shape index (κ1) is 14.0. The van der Waals surface area contributed by atoms with Gasteiger partial charge in [-0.25, -0.2) is 15.2 Å². The van der Waals surface area contributed by atoms with Gasteiger partial charge in [-0.1, -0.05) is 35.8 Å². The topological polar surface area (TPSA) is 117 Å². The van der Waals surface area contributed by atoms with Crippen molar-refractivity contribution in [2.75, 3.05) is 12.0 Å². The third-order valence-electron chi connectivity index (χ3n) is 3.55. The Bertz CT molecular complexity index is 686. The number of anilines is 1. The van der Waals surface area contributed by atoms with Gasteiger partial charge in [-0.2, -0.15) is 10.1 Å². The molecule has 0 bridgehead atoms. The molecule has 2 heterocycles. The zero-order chi connectivity index (χ0) is 15.5. The summed E-state index contributed by atoms with van der Waals surface area (Å²) in [4.78, 5) is 28.0. The van der Waals surface area contributed by atoms with E-state index in [1.807, 2.05) is 35.8 Å². The number of benzene rings is 1. The number of hydrazine groups is 1. The quantitative estimate of drug-likeness (QED) is 0.626. The number of nitrogens with one attached hydrogen (secondary N) is 2. The summed E-state index contributed by atoms with van der Waals surface area (Å²) in [5, 5.41) is 15.9. The lowest BCUT2D eigenvalue weighted by Gasteiger charge is -2.14. The van der Waals surface area contributed by atoms with Crippen LogP contribution < -0.4 is 5.43 Å². The molecule has 9 heteroatoms. The Kier molecular flexibility index (Phi) is 3.69. The fourth-order valence-electron chi connectivity index (χ4n) is 2.55. The van der Waals surface area contributed by atoms with E-state index in [0.29, 0.717) is 18.8 Å².